The van der Waals surface area contributed by atoms with E-state index in [9.17, 15) is 19.2 Å². The van der Waals surface area contributed by atoms with Gasteiger partial charge in [-0.3, -0.25) is 14.4 Å². The number of aryl methyl sites for hydroxylation is 1. The van der Waals surface area contributed by atoms with Crippen molar-refractivity contribution in [1.29, 1.82) is 0 Å². The maximum Gasteiger partial charge on any atom is 0.407 e. The van der Waals surface area contributed by atoms with Crippen molar-refractivity contribution in [3.63, 3.8) is 0 Å². The summed E-state index contributed by atoms with van der Waals surface area (Å²) in [7, 11) is 0. The van der Waals surface area contributed by atoms with Crippen LogP contribution in [0.3, 0.4) is 0 Å². The van der Waals surface area contributed by atoms with E-state index in [2.05, 4.69) is 36.6 Å². The maximum atomic E-state index is 13.8. The number of amides is 4. The van der Waals surface area contributed by atoms with E-state index in [0.717, 1.165) is 66.6 Å². The van der Waals surface area contributed by atoms with Gasteiger partial charge < -0.3 is 25.6 Å². The fourth-order valence-corrected chi connectivity index (χ4v) is 7.17. The van der Waals surface area contributed by atoms with Crippen LogP contribution in [-0.4, -0.2) is 80.6 Å². The van der Waals surface area contributed by atoms with Gasteiger partial charge >= 0.3 is 6.09 Å². The predicted molar refractivity (Wildman–Crippen MR) is 205 cm³/mol. The van der Waals surface area contributed by atoms with Crippen molar-refractivity contribution in [3.05, 3.63) is 83.4 Å². The molecule has 13 heteroatoms. The number of nitrogens with zero attached hydrogens (tertiary/aromatic N) is 4. The molecule has 2 fully saturated rings. The van der Waals surface area contributed by atoms with E-state index in [1.807, 2.05) is 75.1 Å². The number of hydrogen-bond acceptors (Lipinski definition) is 8. The molecule has 284 valence electrons. The molecular weight excluding hydrogens is 685 g/mol. The van der Waals surface area contributed by atoms with Crippen LogP contribution >= 0.6 is 0 Å². The molecule has 0 radical (unpaired) electrons. The van der Waals surface area contributed by atoms with Crippen LogP contribution in [0.1, 0.15) is 80.8 Å². The largest absolute Gasteiger partial charge is 0.444 e. The van der Waals surface area contributed by atoms with Crippen LogP contribution in [0, 0.1) is 18.8 Å². The Hall–Kier alpha value is -5.59. The highest BCUT2D eigenvalue weighted by Gasteiger charge is 2.30. The number of carbonyl (C=O) groups is 4. The van der Waals surface area contributed by atoms with E-state index < -0.39 is 17.7 Å². The summed E-state index contributed by atoms with van der Waals surface area (Å²) in [6.45, 7) is 9.61. The Morgan fingerprint density at radius 3 is 2.22 bits per heavy atom. The smallest absolute Gasteiger partial charge is 0.407 e. The summed E-state index contributed by atoms with van der Waals surface area (Å²) in [5.74, 6) is 0.0487. The van der Waals surface area contributed by atoms with Crippen LogP contribution in [0.25, 0.3) is 22.5 Å². The first-order valence-corrected chi connectivity index (χ1v) is 18.8. The lowest BCUT2D eigenvalue weighted by molar-refractivity contribution is -0.130. The zero-order chi connectivity index (χ0) is 38.2. The molecule has 1 aromatic heterocycles. The van der Waals surface area contributed by atoms with Crippen LogP contribution in [0.5, 0.6) is 0 Å². The average molecular weight is 735 g/mol. The Balaban J connectivity index is 1.11. The van der Waals surface area contributed by atoms with E-state index in [-0.39, 0.29) is 36.0 Å². The Morgan fingerprint density at radius 2 is 1.59 bits per heavy atom. The van der Waals surface area contributed by atoms with Crippen LogP contribution < -0.4 is 16.0 Å². The first kappa shape index (κ1) is 38.1. The molecule has 1 saturated heterocycles. The molecule has 0 bridgehead atoms. The number of alkyl carbamates (subject to hydrolysis) is 1. The molecule has 1 aliphatic heterocycles. The van der Waals surface area contributed by atoms with Gasteiger partial charge in [-0.25, -0.2) is 4.79 Å². The summed E-state index contributed by atoms with van der Waals surface area (Å²) in [6.07, 6.45) is 4.84. The fraction of sp³-hybridized carbons (Fsp3) is 0.439. The van der Waals surface area contributed by atoms with Crippen molar-refractivity contribution < 1.29 is 23.9 Å². The molecule has 1 atom stereocenters. The normalized spacial score (nSPS) is 17.7. The third-order valence-electron chi connectivity index (χ3n) is 10.1. The van der Waals surface area contributed by atoms with Crippen molar-refractivity contribution in [1.82, 2.24) is 36.2 Å². The molecule has 1 unspecified atom stereocenters. The molecule has 13 nitrogen and oxygen atoms in total. The minimum absolute atomic E-state index is 0.0787. The number of H-pyrrole nitrogens is 1. The van der Waals surface area contributed by atoms with Gasteiger partial charge in [-0.05, 0) is 136 Å². The fourth-order valence-electron chi connectivity index (χ4n) is 7.17. The molecule has 54 heavy (non-hydrogen) atoms. The van der Waals surface area contributed by atoms with Crippen molar-refractivity contribution in [2.24, 2.45) is 11.8 Å². The highest BCUT2D eigenvalue weighted by Crippen LogP contribution is 2.30. The van der Waals surface area contributed by atoms with Crippen LogP contribution in [0.2, 0.25) is 0 Å². The predicted octanol–water partition coefficient (Wildman–Crippen LogP) is 6.08. The molecular formula is C41H50N8O5. The SMILES string of the molecule is Cc1cc(C(=O)N2CCCC2)ccc1-c1ccc(CC(NC(=O)C2CCC(CNC(=O)OC(C)(C)C)CC2)C(=O)Nc2ccc(-c3nn[nH]n3)cc2)cc1. The van der Waals surface area contributed by atoms with Crippen LogP contribution in [-0.2, 0) is 20.7 Å². The molecule has 1 saturated carbocycles. The molecule has 3 aromatic carbocycles. The van der Waals surface area contributed by atoms with Gasteiger partial charge in [0, 0.05) is 48.8 Å². The lowest BCUT2D eigenvalue weighted by Gasteiger charge is -2.29. The maximum absolute atomic E-state index is 13.8. The molecule has 2 aliphatic rings. The van der Waals surface area contributed by atoms with Gasteiger partial charge in [-0.15, -0.1) is 10.2 Å². The standard InChI is InChI=1S/C41H50N8O5/c1-26-23-32(39(52)49-21-5-6-22-49)17-20-34(26)29-11-7-27(8-12-29)24-35(38(51)43-33-18-15-30(16-19-33)36-45-47-48-46-36)44-37(50)31-13-9-28(10-14-31)25-42-40(53)54-41(2,3)4/h7-8,11-12,15-20,23,28,31,35H,5-6,9-10,13-14,21-22,24-25H2,1-4H3,(H,42,53)(H,43,51)(H,44,50)(H,45,46,47,48). The molecule has 4 aromatic rings. The molecule has 4 N–H and O–H groups in total. The number of tetrazole rings is 1. The topological polar surface area (TPSA) is 171 Å². The lowest BCUT2D eigenvalue weighted by Crippen LogP contribution is -2.48. The number of likely N-dealkylation sites (tertiary alicyclic amines) is 1. The second-order valence-corrected chi connectivity index (χ2v) is 15.4. The summed E-state index contributed by atoms with van der Waals surface area (Å²) in [5.41, 5.74) is 5.39. The van der Waals surface area contributed by atoms with Crippen molar-refractivity contribution in [3.8, 4) is 22.5 Å². The van der Waals surface area contributed by atoms with Gasteiger partial charge in [0.2, 0.25) is 17.6 Å². The Kier molecular flexibility index (Phi) is 12.0. The van der Waals surface area contributed by atoms with Gasteiger partial charge in [-0.1, -0.05) is 30.3 Å². The number of aromatic nitrogens is 4. The monoisotopic (exact) mass is 734 g/mol. The third-order valence-corrected chi connectivity index (χ3v) is 10.1. The van der Waals surface area contributed by atoms with E-state index in [1.165, 1.54) is 0 Å². The quantitative estimate of drug-likeness (QED) is 0.144. The van der Waals surface area contributed by atoms with Crippen molar-refractivity contribution in [2.45, 2.75) is 84.3 Å². The molecule has 1 aliphatic carbocycles. The van der Waals surface area contributed by atoms with Crippen LogP contribution in [0.15, 0.2) is 66.7 Å². The highest BCUT2D eigenvalue weighted by atomic mass is 16.6. The number of hydrogen-bond donors (Lipinski definition) is 4. The minimum Gasteiger partial charge on any atom is -0.444 e. The summed E-state index contributed by atoms with van der Waals surface area (Å²) < 4.78 is 5.36. The van der Waals surface area contributed by atoms with Gasteiger partial charge in [0.05, 0.1) is 0 Å². The van der Waals surface area contributed by atoms with E-state index >= 15 is 0 Å². The summed E-state index contributed by atoms with van der Waals surface area (Å²) in [5, 5.41) is 22.9. The number of anilines is 1. The highest BCUT2D eigenvalue weighted by molar-refractivity contribution is 5.98. The first-order valence-electron chi connectivity index (χ1n) is 18.8. The van der Waals surface area contributed by atoms with Gasteiger partial charge in [0.25, 0.3) is 5.91 Å². The number of carbonyl (C=O) groups excluding carboxylic acids is 4. The average Bonchev–Trinajstić information content (AvgIpc) is 3.90. The Bertz CT molecular complexity index is 1910. The number of rotatable bonds is 11. The second-order valence-electron chi connectivity index (χ2n) is 15.4. The zero-order valence-corrected chi connectivity index (χ0v) is 31.5. The Labute approximate surface area is 316 Å². The Morgan fingerprint density at radius 1 is 0.907 bits per heavy atom. The van der Waals surface area contributed by atoms with E-state index in [4.69, 9.17) is 4.74 Å². The molecule has 0 spiro atoms. The molecule has 4 amide bonds. The van der Waals surface area contributed by atoms with E-state index in [0.29, 0.717) is 36.5 Å². The third kappa shape index (κ3) is 10.1. The number of ether oxygens (including phenoxy) is 1. The van der Waals surface area contributed by atoms with Gasteiger partial charge in [0.1, 0.15) is 11.6 Å². The number of aromatic amines is 1. The van der Waals surface area contributed by atoms with Crippen molar-refractivity contribution >= 4 is 29.5 Å². The van der Waals surface area contributed by atoms with Gasteiger partial charge in [0.15, 0.2) is 0 Å². The van der Waals surface area contributed by atoms with Crippen LogP contribution in [0.4, 0.5) is 10.5 Å². The summed E-state index contributed by atoms with van der Waals surface area (Å²) in [6, 6.07) is 20.1. The summed E-state index contributed by atoms with van der Waals surface area (Å²) in [4.78, 5) is 54.5. The second kappa shape index (κ2) is 17.0. The lowest BCUT2D eigenvalue weighted by atomic mass is 9.81. The van der Waals surface area contributed by atoms with Crippen molar-refractivity contribution in [2.75, 3.05) is 25.0 Å². The molecule has 2 heterocycles. The molecule has 6 rings (SSSR count). The zero-order valence-electron chi connectivity index (χ0n) is 31.5. The summed E-state index contributed by atoms with van der Waals surface area (Å²) >= 11 is 0. The number of benzene rings is 3. The van der Waals surface area contributed by atoms with E-state index in [1.54, 1.807) is 24.3 Å². The van der Waals surface area contributed by atoms with Gasteiger partial charge in [-0.2, -0.15) is 5.21 Å². The first-order chi connectivity index (χ1) is 25.9. The number of nitrogens with one attached hydrogen (secondary N) is 4. The minimum atomic E-state index is -0.829.